The van der Waals surface area contributed by atoms with E-state index in [1.807, 2.05) is 44.2 Å². The van der Waals surface area contributed by atoms with E-state index in [9.17, 15) is 13.2 Å². The standard InChI is InChI=1S/C23H25N3O3S2/c1-17-8-10-20(11-9-17)31(28,29)26-14-12-25(13-15-26)23(27)22-18(2)24-21(30-22)16-19-6-4-3-5-7-19/h3-11H,12-16H2,1-2H3. The van der Waals surface area contributed by atoms with Gasteiger partial charge in [-0.1, -0.05) is 48.0 Å². The van der Waals surface area contributed by atoms with Gasteiger partial charge in [0.2, 0.25) is 10.0 Å². The summed E-state index contributed by atoms with van der Waals surface area (Å²) in [7, 11) is -3.55. The van der Waals surface area contributed by atoms with Gasteiger partial charge in [-0.05, 0) is 31.5 Å². The minimum absolute atomic E-state index is 0.0679. The molecule has 0 saturated carbocycles. The maximum absolute atomic E-state index is 13.1. The lowest BCUT2D eigenvalue weighted by Crippen LogP contribution is -2.50. The van der Waals surface area contributed by atoms with Crippen LogP contribution in [-0.4, -0.2) is 54.7 Å². The van der Waals surface area contributed by atoms with Crippen LogP contribution in [0.5, 0.6) is 0 Å². The van der Waals surface area contributed by atoms with Gasteiger partial charge >= 0.3 is 0 Å². The highest BCUT2D eigenvalue weighted by molar-refractivity contribution is 7.89. The van der Waals surface area contributed by atoms with Crippen molar-refractivity contribution in [2.75, 3.05) is 26.2 Å². The van der Waals surface area contributed by atoms with Gasteiger partial charge in [0.25, 0.3) is 5.91 Å². The van der Waals surface area contributed by atoms with Gasteiger partial charge in [0.05, 0.1) is 15.6 Å². The van der Waals surface area contributed by atoms with Crippen molar-refractivity contribution in [3.63, 3.8) is 0 Å². The van der Waals surface area contributed by atoms with E-state index in [-0.39, 0.29) is 19.0 Å². The first-order valence-corrected chi connectivity index (χ1v) is 12.5. The number of sulfonamides is 1. The topological polar surface area (TPSA) is 70.6 Å². The second-order valence-corrected chi connectivity index (χ2v) is 10.7. The average molecular weight is 456 g/mol. The molecule has 6 nitrogen and oxygen atoms in total. The smallest absolute Gasteiger partial charge is 0.265 e. The van der Waals surface area contributed by atoms with E-state index < -0.39 is 10.0 Å². The van der Waals surface area contributed by atoms with Crippen LogP contribution in [0.3, 0.4) is 0 Å². The summed E-state index contributed by atoms with van der Waals surface area (Å²) in [6.07, 6.45) is 0.697. The van der Waals surface area contributed by atoms with Crippen LogP contribution in [0, 0.1) is 13.8 Å². The molecule has 1 saturated heterocycles. The summed E-state index contributed by atoms with van der Waals surface area (Å²) < 4.78 is 27.2. The number of carbonyl (C=O) groups is 1. The number of carbonyl (C=O) groups excluding carboxylic acids is 1. The van der Waals surface area contributed by atoms with Crippen LogP contribution < -0.4 is 0 Å². The second-order valence-electron chi connectivity index (χ2n) is 7.69. The highest BCUT2D eigenvalue weighted by Crippen LogP contribution is 2.24. The molecule has 0 radical (unpaired) electrons. The molecule has 0 spiro atoms. The lowest BCUT2D eigenvalue weighted by Gasteiger charge is -2.33. The van der Waals surface area contributed by atoms with Crippen molar-refractivity contribution in [1.29, 1.82) is 0 Å². The predicted molar refractivity (Wildman–Crippen MR) is 122 cm³/mol. The zero-order valence-electron chi connectivity index (χ0n) is 17.6. The quantitative estimate of drug-likeness (QED) is 0.590. The molecule has 1 fully saturated rings. The predicted octanol–water partition coefficient (Wildman–Crippen LogP) is 3.50. The Kier molecular flexibility index (Phi) is 6.22. The van der Waals surface area contributed by atoms with Gasteiger partial charge in [0.1, 0.15) is 4.88 Å². The van der Waals surface area contributed by atoms with Crippen LogP contribution in [-0.2, 0) is 16.4 Å². The molecule has 3 aromatic rings. The molecule has 2 aromatic carbocycles. The van der Waals surface area contributed by atoms with Gasteiger partial charge < -0.3 is 4.90 Å². The Hall–Kier alpha value is -2.55. The molecule has 162 valence electrons. The van der Waals surface area contributed by atoms with Crippen LogP contribution in [0.1, 0.15) is 31.5 Å². The van der Waals surface area contributed by atoms with E-state index >= 15 is 0 Å². The van der Waals surface area contributed by atoms with Crippen molar-refractivity contribution in [2.24, 2.45) is 0 Å². The number of rotatable bonds is 5. The number of piperazine rings is 1. The minimum atomic E-state index is -3.55. The van der Waals surface area contributed by atoms with Crippen molar-refractivity contribution in [1.82, 2.24) is 14.2 Å². The number of nitrogens with zero attached hydrogens (tertiary/aromatic N) is 3. The molecule has 8 heteroatoms. The fourth-order valence-corrected chi connectivity index (χ4v) is 6.12. The summed E-state index contributed by atoms with van der Waals surface area (Å²) in [4.78, 5) is 20.3. The van der Waals surface area contributed by atoms with Crippen molar-refractivity contribution in [3.8, 4) is 0 Å². The zero-order chi connectivity index (χ0) is 22.0. The average Bonchev–Trinajstić information content (AvgIpc) is 3.14. The Morgan fingerprint density at radius 3 is 2.26 bits per heavy atom. The first-order valence-electron chi connectivity index (χ1n) is 10.2. The maximum atomic E-state index is 13.1. The molecule has 1 aliphatic heterocycles. The van der Waals surface area contributed by atoms with Gasteiger partial charge in [-0.2, -0.15) is 4.31 Å². The summed E-state index contributed by atoms with van der Waals surface area (Å²) in [5.74, 6) is -0.0679. The number of amides is 1. The molecule has 0 bridgehead atoms. The SMILES string of the molecule is Cc1ccc(S(=O)(=O)N2CCN(C(=O)c3sc(Cc4ccccc4)nc3C)CC2)cc1. The van der Waals surface area contributed by atoms with E-state index in [1.165, 1.54) is 15.6 Å². The molecule has 1 aliphatic rings. The number of benzene rings is 2. The lowest BCUT2D eigenvalue weighted by molar-refractivity contribution is 0.0702. The van der Waals surface area contributed by atoms with Gasteiger partial charge in [0.15, 0.2) is 0 Å². The normalized spacial score (nSPS) is 15.2. The molecule has 0 aliphatic carbocycles. The fourth-order valence-electron chi connectivity index (χ4n) is 3.63. The summed E-state index contributed by atoms with van der Waals surface area (Å²) in [5, 5.41) is 0.910. The van der Waals surface area contributed by atoms with Gasteiger partial charge in [-0.3, -0.25) is 4.79 Å². The zero-order valence-corrected chi connectivity index (χ0v) is 19.2. The third-order valence-corrected chi connectivity index (χ3v) is 8.48. The largest absolute Gasteiger partial charge is 0.335 e. The first-order chi connectivity index (χ1) is 14.8. The molecular formula is C23H25N3O3S2. The summed E-state index contributed by atoms with van der Waals surface area (Å²) in [5.41, 5.74) is 2.90. The molecule has 0 unspecified atom stereocenters. The summed E-state index contributed by atoms with van der Waals surface area (Å²) in [6.45, 7) is 5.10. The molecule has 1 amide bonds. The van der Waals surface area contributed by atoms with Crippen molar-refractivity contribution < 1.29 is 13.2 Å². The van der Waals surface area contributed by atoms with Crippen LogP contribution in [0.25, 0.3) is 0 Å². The second kappa shape index (κ2) is 8.90. The van der Waals surface area contributed by atoms with E-state index in [2.05, 4.69) is 4.98 Å². The molecule has 0 atom stereocenters. The molecule has 2 heterocycles. The first kappa shape index (κ1) is 21.7. The summed E-state index contributed by atoms with van der Waals surface area (Å²) >= 11 is 1.43. The van der Waals surface area contributed by atoms with E-state index in [4.69, 9.17) is 0 Å². The Bertz CT molecular complexity index is 1160. The highest BCUT2D eigenvalue weighted by Gasteiger charge is 2.31. The Labute approximate surface area is 187 Å². The fraction of sp³-hybridized carbons (Fsp3) is 0.304. The molecule has 0 N–H and O–H groups in total. The van der Waals surface area contributed by atoms with Gasteiger partial charge in [-0.25, -0.2) is 13.4 Å². The number of aromatic nitrogens is 1. The summed E-state index contributed by atoms with van der Waals surface area (Å²) in [6, 6.07) is 16.9. The van der Waals surface area contributed by atoms with Crippen molar-refractivity contribution in [2.45, 2.75) is 25.2 Å². The van der Waals surface area contributed by atoms with Crippen LogP contribution in [0.4, 0.5) is 0 Å². The highest BCUT2D eigenvalue weighted by atomic mass is 32.2. The monoisotopic (exact) mass is 455 g/mol. The number of hydrogen-bond donors (Lipinski definition) is 0. The third-order valence-electron chi connectivity index (χ3n) is 5.42. The van der Waals surface area contributed by atoms with E-state index in [0.29, 0.717) is 29.3 Å². The Morgan fingerprint density at radius 1 is 0.968 bits per heavy atom. The molecule has 1 aromatic heterocycles. The van der Waals surface area contributed by atoms with Gasteiger partial charge in [0, 0.05) is 32.6 Å². The molecule has 4 rings (SSSR count). The Balaban J connectivity index is 1.42. The van der Waals surface area contributed by atoms with Crippen LogP contribution in [0.15, 0.2) is 59.5 Å². The third kappa shape index (κ3) is 4.71. The Morgan fingerprint density at radius 2 is 1.61 bits per heavy atom. The lowest BCUT2D eigenvalue weighted by atomic mass is 10.2. The number of thiazole rings is 1. The molecule has 31 heavy (non-hydrogen) atoms. The maximum Gasteiger partial charge on any atom is 0.265 e. The van der Waals surface area contributed by atoms with Crippen LogP contribution >= 0.6 is 11.3 Å². The number of hydrogen-bond acceptors (Lipinski definition) is 5. The molecular weight excluding hydrogens is 430 g/mol. The van der Waals surface area contributed by atoms with E-state index in [0.717, 1.165) is 21.8 Å². The van der Waals surface area contributed by atoms with Crippen molar-refractivity contribution in [3.05, 3.63) is 81.3 Å². The van der Waals surface area contributed by atoms with Crippen LogP contribution in [0.2, 0.25) is 0 Å². The van der Waals surface area contributed by atoms with Crippen molar-refractivity contribution >= 4 is 27.3 Å². The number of aryl methyl sites for hydroxylation is 2. The van der Waals surface area contributed by atoms with E-state index in [1.54, 1.807) is 29.2 Å². The van der Waals surface area contributed by atoms with Gasteiger partial charge in [-0.15, -0.1) is 11.3 Å². The minimum Gasteiger partial charge on any atom is -0.335 e.